The SMILES string of the molecule is CCCCC(N)C(=O)Nc1ccc(C)cc1OCC. The number of nitrogens with one attached hydrogen (secondary N) is 1. The largest absolute Gasteiger partial charge is 0.492 e. The normalized spacial score (nSPS) is 12.0. The fourth-order valence-corrected chi connectivity index (χ4v) is 1.79. The van der Waals surface area contributed by atoms with E-state index >= 15 is 0 Å². The minimum Gasteiger partial charge on any atom is -0.492 e. The van der Waals surface area contributed by atoms with Gasteiger partial charge < -0.3 is 15.8 Å². The van der Waals surface area contributed by atoms with Crippen molar-refractivity contribution in [3.05, 3.63) is 23.8 Å². The Morgan fingerprint density at radius 1 is 1.42 bits per heavy atom. The van der Waals surface area contributed by atoms with E-state index < -0.39 is 6.04 Å². The summed E-state index contributed by atoms with van der Waals surface area (Å²) in [4.78, 5) is 12.0. The minimum absolute atomic E-state index is 0.154. The molecule has 1 aromatic rings. The number of hydrogen-bond acceptors (Lipinski definition) is 3. The van der Waals surface area contributed by atoms with Gasteiger partial charge in [-0.15, -0.1) is 0 Å². The molecule has 0 spiro atoms. The van der Waals surface area contributed by atoms with Gasteiger partial charge in [0.05, 0.1) is 18.3 Å². The van der Waals surface area contributed by atoms with Crippen LogP contribution in [0.3, 0.4) is 0 Å². The predicted molar refractivity (Wildman–Crippen MR) is 78.5 cm³/mol. The number of anilines is 1. The van der Waals surface area contributed by atoms with Gasteiger partial charge in [-0.25, -0.2) is 0 Å². The molecular weight excluding hydrogens is 240 g/mol. The quantitative estimate of drug-likeness (QED) is 0.796. The Morgan fingerprint density at radius 3 is 2.79 bits per heavy atom. The molecule has 0 saturated carbocycles. The summed E-state index contributed by atoms with van der Waals surface area (Å²) in [6.45, 7) is 6.55. The molecule has 1 atom stereocenters. The van der Waals surface area contributed by atoms with Crippen molar-refractivity contribution >= 4 is 11.6 Å². The monoisotopic (exact) mass is 264 g/mol. The van der Waals surface area contributed by atoms with E-state index in [4.69, 9.17) is 10.5 Å². The van der Waals surface area contributed by atoms with Crippen LogP contribution in [0.15, 0.2) is 18.2 Å². The number of unbranched alkanes of at least 4 members (excludes halogenated alkanes) is 1. The zero-order chi connectivity index (χ0) is 14.3. The molecule has 4 heteroatoms. The second-order valence-corrected chi connectivity index (χ2v) is 4.67. The molecule has 1 rings (SSSR count). The summed E-state index contributed by atoms with van der Waals surface area (Å²) in [6.07, 6.45) is 2.70. The van der Waals surface area contributed by atoms with Crippen LogP contribution in [0, 0.1) is 6.92 Å². The zero-order valence-corrected chi connectivity index (χ0v) is 12.0. The lowest BCUT2D eigenvalue weighted by Crippen LogP contribution is -2.35. The molecule has 0 heterocycles. The van der Waals surface area contributed by atoms with Gasteiger partial charge in [0.2, 0.25) is 5.91 Å². The number of hydrogen-bond donors (Lipinski definition) is 2. The van der Waals surface area contributed by atoms with E-state index in [-0.39, 0.29) is 5.91 Å². The van der Waals surface area contributed by atoms with Gasteiger partial charge in [0.1, 0.15) is 5.75 Å². The van der Waals surface area contributed by atoms with Crippen LogP contribution in [-0.2, 0) is 4.79 Å². The molecule has 1 unspecified atom stereocenters. The van der Waals surface area contributed by atoms with Crippen LogP contribution in [0.5, 0.6) is 5.75 Å². The van der Waals surface area contributed by atoms with Gasteiger partial charge in [0.25, 0.3) is 0 Å². The third-order valence-corrected chi connectivity index (χ3v) is 2.90. The van der Waals surface area contributed by atoms with E-state index in [1.54, 1.807) is 0 Å². The number of rotatable bonds is 7. The summed E-state index contributed by atoms with van der Waals surface area (Å²) in [5.41, 5.74) is 7.63. The molecule has 1 amide bonds. The van der Waals surface area contributed by atoms with Gasteiger partial charge in [-0.3, -0.25) is 4.79 Å². The zero-order valence-electron chi connectivity index (χ0n) is 12.0. The van der Waals surface area contributed by atoms with E-state index in [0.29, 0.717) is 24.5 Å². The third kappa shape index (κ3) is 4.91. The number of aryl methyl sites for hydroxylation is 1. The predicted octanol–water partition coefficient (Wildman–Crippen LogP) is 2.85. The molecule has 0 fully saturated rings. The van der Waals surface area contributed by atoms with Crippen molar-refractivity contribution in [3.63, 3.8) is 0 Å². The topological polar surface area (TPSA) is 64.4 Å². The highest BCUT2D eigenvalue weighted by atomic mass is 16.5. The smallest absolute Gasteiger partial charge is 0.241 e. The Kier molecular flexibility index (Phi) is 6.36. The highest BCUT2D eigenvalue weighted by Crippen LogP contribution is 2.25. The van der Waals surface area contributed by atoms with Crippen molar-refractivity contribution in [2.24, 2.45) is 5.73 Å². The van der Waals surface area contributed by atoms with Crippen molar-refractivity contribution in [2.75, 3.05) is 11.9 Å². The molecule has 4 nitrogen and oxygen atoms in total. The standard InChI is InChI=1S/C15H24N2O2/c1-4-6-7-12(16)15(18)17-13-9-8-11(3)10-14(13)19-5-2/h8-10,12H,4-7,16H2,1-3H3,(H,17,18). The summed E-state index contributed by atoms with van der Waals surface area (Å²) >= 11 is 0. The average Bonchev–Trinajstić information content (AvgIpc) is 2.39. The Balaban J connectivity index is 2.72. The fourth-order valence-electron chi connectivity index (χ4n) is 1.79. The van der Waals surface area contributed by atoms with E-state index in [1.165, 1.54) is 0 Å². The molecule has 0 aromatic heterocycles. The molecule has 0 bridgehead atoms. The second kappa shape index (κ2) is 7.79. The van der Waals surface area contributed by atoms with Crippen LogP contribution in [0.25, 0.3) is 0 Å². The van der Waals surface area contributed by atoms with Crippen LogP contribution >= 0.6 is 0 Å². The molecule has 0 aliphatic rings. The molecule has 0 saturated heterocycles. The van der Waals surface area contributed by atoms with Crippen molar-refractivity contribution < 1.29 is 9.53 Å². The molecule has 1 aromatic carbocycles. The van der Waals surface area contributed by atoms with Gasteiger partial charge in [-0.2, -0.15) is 0 Å². The first-order valence-electron chi connectivity index (χ1n) is 6.88. The number of nitrogens with two attached hydrogens (primary N) is 1. The average molecular weight is 264 g/mol. The van der Waals surface area contributed by atoms with Gasteiger partial charge in [-0.1, -0.05) is 25.8 Å². The molecule has 106 valence electrons. The van der Waals surface area contributed by atoms with E-state index in [0.717, 1.165) is 18.4 Å². The number of carbonyl (C=O) groups excluding carboxylic acids is 1. The molecule has 0 radical (unpaired) electrons. The summed E-state index contributed by atoms with van der Waals surface area (Å²) in [5, 5.41) is 2.84. The van der Waals surface area contributed by atoms with Crippen LogP contribution < -0.4 is 15.8 Å². The Hall–Kier alpha value is -1.55. The maximum absolute atomic E-state index is 12.0. The molecule has 19 heavy (non-hydrogen) atoms. The highest BCUT2D eigenvalue weighted by molar-refractivity contribution is 5.95. The summed E-state index contributed by atoms with van der Waals surface area (Å²) < 4.78 is 5.52. The van der Waals surface area contributed by atoms with Crippen LogP contribution in [0.1, 0.15) is 38.7 Å². The highest BCUT2D eigenvalue weighted by Gasteiger charge is 2.15. The van der Waals surface area contributed by atoms with E-state index in [2.05, 4.69) is 12.2 Å². The molecule has 3 N–H and O–H groups in total. The number of benzene rings is 1. The van der Waals surface area contributed by atoms with Crippen LogP contribution in [0.2, 0.25) is 0 Å². The van der Waals surface area contributed by atoms with E-state index in [9.17, 15) is 4.79 Å². The summed E-state index contributed by atoms with van der Waals surface area (Å²) in [6, 6.07) is 5.24. The van der Waals surface area contributed by atoms with Crippen LogP contribution in [0.4, 0.5) is 5.69 Å². The number of ether oxygens (including phenoxy) is 1. The first-order valence-corrected chi connectivity index (χ1v) is 6.88. The number of carbonyl (C=O) groups is 1. The van der Waals surface area contributed by atoms with E-state index in [1.807, 2.05) is 32.0 Å². The first-order chi connectivity index (χ1) is 9.08. The van der Waals surface area contributed by atoms with Crippen molar-refractivity contribution in [3.8, 4) is 5.75 Å². The van der Waals surface area contributed by atoms with Gasteiger partial charge in [-0.05, 0) is 38.0 Å². The minimum atomic E-state index is -0.462. The third-order valence-electron chi connectivity index (χ3n) is 2.90. The van der Waals surface area contributed by atoms with Gasteiger partial charge in [0, 0.05) is 0 Å². The lowest BCUT2D eigenvalue weighted by Gasteiger charge is -2.15. The summed E-state index contributed by atoms with van der Waals surface area (Å²) in [5.74, 6) is 0.539. The van der Waals surface area contributed by atoms with Gasteiger partial charge >= 0.3 is 0 Å². The number of amides is 1. The lowest BCUT2D eigenvalue weighted by atomic mass is 10.1. The Labute approximate surface area is 115 Å². The lowest BCUT2D eigenvalue weighted by molar-refractivity contribution is -0.117. The van der Waals surface area contributed by atoms with Crippen LogP contribution in [-0.4, -0.2) is 18.6 Å². The van der Waals surface area contributed by atoms with Gasteiger partial charge in [0.15, 0.2) is 0 Å². The van der Waals surface area contributed by atoms with Crippen molar-refractivity contribution in [2.45, 2.75) is 46.1 Å². The first kappa shape index (κ1) is 15.5. The van der Waals surface area contributed by atoms with Crippen molar-refractivity contribution in [1.29, 1.82) is 0 Å². The Morgan fingerprint density at radius 2 is 2.16 bits per heavy atom. The Bertz CT molecular complexity index is 419. The summed E-state index contributed by atoms with van der Waals surface area (Å²) in [7, 11) is 0. The maximum Gasteiger partial charge on any atom is 0.241 e. The fraction of sp³-hybridized carbons (Fsp3) is 0.533. The maximum atomic E-state index is 12.0. The molecule has 0 aliphatic heterocycles. The second-order valence-electron chi connectivity index (χ2n) is 4.67. The molecular formula is C15H24N2O2. The molecule has 0 aliphatic carbocycles. The van der Waals surface area contributed by atoms with Crippen molar-refractivity contribution in [1.82, 2.24) is 0 Å².